The van der Waals surface area contributed by atoms with Crippen LogP contribution in [0.1, 0.15) is 56.3 Å². The maximum absolute atomic E-state index is 12.8. The average molecular weight is 376 g/mol. The fourth-order valence-electron chi connectivity index (χ4n) is 3.10. The van der Waals surface area contributed by atoms with Crippen molar-refractivity contribution < 1.29 is 24.2 Å². The summed E-state index contributed by atoms with van der Waals surface area (Å²) in [7, 11) is 0. The third kappa shape index (κ3) is 6.36. The molecule has 0 aromatic heterocycles. The number of carboxylic acids is 1. The van der Waals surface area contributed by atoms with E-state index < -0.39 is 12.0 Å². The molecule has 1 aliphatic rings. The van der Waals surface area contributed by atoms with Crippen molar-refractivity contribution in [3.8, 4) is 0 Å². The van der Waals surface area contributed by atoms with Crippen LogP contribution in [0.3, 0.4) is 0 Å². The summed E-state index contributed by atoms with van der Waals surface area (Å²) in [6.45, 7) is 4.84. The van der Waals surface area contributed by atoms with Crippen molar-refractivity contribution in [1.82, 2.24) is 4.90 Å². The van der Waals surface area contributed by atoms with Gasteiger partial charge in [-0.15, -0.1) is 0 Å². The molecule has 2 N–H and O–H groups in total. The molecule has 1 heterocycles. The molecule has 0 bridgehead atoms. The van der Waals surface area contributed by atoms with E-state index >= 15 is 0 Å². The molecule has 0 spiro atoms. The number of carboxylic acid groups (broad SMARTS) is 1. The van der Waals surface area contributed by atoms with Crippen molar-refractivity contribution in [3.63, 3.8) is 0 Å². The Morgan fingerprint density at radius 3 is 2.78 bits per heavy atom. The third-order valence-corrected chi connectivity index (χ3v) is 4.44. The number of nitrogens with one attached hydrogen (secondary N) is 1. The van der Waals surface area contributed by atoms with Crippen LogP contribution in [0.4, 0.5) is 5.69 Å². The first-order chi connectivity index (χ1) is 12.9. The van der Waals surface area contributed by atoms with Gasteiger partial charge in [0.15, 0.2) is 0 Å². The second-order valence-electron chi connectivity index (χ2n) is 7.00. The molecule has 2 amide bonds. The Bertz CT molecular complexity index is 674. The van der Waals surface area contributed by atoms with Crippen LogP contribution in [0.25, 0.3) is 0 Å². The number of rotatable bonds is 8. The first-order valence-electron chi connectivity index (χ1n) is 9.43. The summed E-state index contributed by atoms with van der Waals surface area (Å²) >= 11 is 0. The van der Waals surface area contributed by atoms with E-state index in [-0.39, 0.29) is 17.9 Å². The highest BCUT2D eigenvalue weighted by molar-refractivity contribution is 5.98. The minimum atomic E-state index is -0.976. The van der Waals surface area contributed by atoms with E-state index in [1.165, 1.54) is 4.90 Å². The number of carbonyl (C=O) groups excluding carboxylic acids is 2. The van der Waals surface area contributed by atoms with Crippen molar-refractivity contribution in [2.24, 2.45) is 0 Å². The van der Waals surface area contributed by atoms with Crippen LogP contribution in [0.15, 0.2) is 24.3 Å². The predicted molar refractivity (Wildman–Crippen MR) is 102 cm³/mol. The van der Waals surface area contributed by atoms with Crippen molar-refractivity contribution in [2.45, 2.75) is 58.1 Å². The number of nitrogens with zero attached hydrogens (tertiary/aromatic N) is 1. The molecule has 7 nitrogen and oxygen atoms in total. The minimum Gasteiger partial charge on any atom is -0.480 e. The molecule has 0 aliphatic carbocycles. The van der Waals surface area contributed by atoms with Gasteiger partial charge in [0.25, 0.3) is 5.91 Å². The Hall–Kier alpha value is -2.41. The third-order valence-electron chi connectivity index (χ3n) is 4.44. The van der Waals surface area contributed by atoms with Crippen LogP contribution in [-0.2, 0) is 14.3 Å². The maximum atomic E-state index is 12.8. The van der Waals surface area contributed by atoms with Gasteiger partial charge in [0.1, 0.15) is 6.04 Å². The van der Waals surface area contributed by atoms with Gasteiger partial charge in [-0.2, -0.15) is 0 Å². The van der Waals surface area contributed by atoms with Crippen LogP contribution in [0.2, 0.25) is 0 Å². The second kappa shape index (κ2) is 10.1. The second-order valence-corrected chi connectivity index (χ2v) is 7.00. The van der Waals surface area contributed by atoms with E-state index in [0.717, 1.165) is 12.8 Å². The monoisotopic (exact) mass is 376 g/mol. The number of likely N-dealkylation sites (tertiary alicyclic amines) is 1. The van der Waals surface area contributed by atoms with E-state index in [9.17, 15) is 19.5 Å². The highest BCUT2D eigenvalue weighted by Gasteiger charge is 2.32. The molecular formula is C20H28N2O5. The number of aliphatic carboxylic acids is 1. The van der Waals surface area contributed by atoms with Gasteiger partial charge in [-0.1, -0.05) is 6.07 Å². The van der Waals surface area contributed by atoms with Gasteiger partial charge in [0, 0.05) is 30.8 Å². The van der Waals surface area contributed by atoms with Crippen molar-refractivity contribution in [1.29, 1.82) is 0 Å². The minimum absolute atomic E-state index is 0.139. The fraction of sp³-hybridized carbons (Fsp3) is 0.550. The summed E-state index contributed by atoms with van der Waals surface area (Å²) in [5, 5.41) is 12.1. The Balaban J connectivity index is 1.96. The summed E-state index contributed by atoms with van der Waals surface area (Å²) < 4.78 is 5.41. The number of hydrogen-bond donors (Lipinski definition) is 2. The zero-order chi connectivity index (χ0) is 19.8. The lowest BCUT2D eigenvalue weighted by atomic mass is 10.0. The smallest absolute Gasteiger partial charge is 0.326 e. The number of anilines is 1. The lowest BCUT2D eigenvalue weighted by Gasteiger charge is -2.33. The molecule has 1 fully saturated rings. The van der Waals surface area contributed by atoms with Gasteiger partial charge in [0.2, 0.25) is 5.91 Å². The summed E-state index contributed by atoms with van der Waals surface area (Å²) in [4.78, 5) is 37.6. The Labute approximate surface area is 159 Å². The quantitative estimate of drug-likeness (QED) is 0.680. The molecule has 1 atom stereocenters. The van der Waals surface area contributed by atoms with Crippen molar-refractivity contribution >= 4 is 23.5 Å². The number of ether oxygens (including phenoxy) is 1. The maximum Gasteiger partial charge on any atom is 0.326 e. The molecule has 1 aromatic carbocycles. The Morgan fingerprint density at radius 1 is 1.30 bits per heavy atom. The molecule has 1 unspecified atom stereocenters. The molecule has 1 aliphatic heterocycles. The zero-order valence-electron chi connectivity index (χ0n) is 15.9. The van der Waals surface area contributed by atoms with E-state index in [0.29, 0.717) is 43.7 Å². The lowest BCUT2D eigenvalue weighted by molar-refractivity contribution is -0.143. The molecule has 1 aromatic rings. The molecular weight excluding hydrogens is 348 g/mol. The number of amides is 2. The SMILES string of the molecule is CC(C)OCCCC(=O)Nc1cccc(C(=O)N2CCCCC2C(=O)O)c1. The topological polar surface area (TPSA) is 95.9 Å². The summed E-state index contributed by atoms with van der Waals surface area (Å²) in [5.74, 6) is -1.44. The highest BCUT2D eigenvalue weighted by atomic mass is 16.5. The Morgan fingerprint density at radius 2 is 2.07 bits per heavy atom. The van der Waals surface area contributed by atoms with Crippen LogP contribution in [0.5, 0.6) is 0 Å². The van der Waals surface area contributed by atoms with Gasteiger partial charge < -0.3 is 20.1 Å². The van der Waals surface area contributed by atoms with Crippen LogP contribution >= 0.6 is 0 Å². The number of piperidine rings is 1. The summed E-state index contributed by atoms with van der Waals surface area (Å²) in [5.41, 5.74) is 0.906. The van der Waals surface area contributed by atoms with E-state index in [1.54, 1.807) is 24.3 Å². The molecule has 0 radical (unpaired) electrons. The van der Waals surface area contributed by atoms with E-state index in [4.69, 9.17) is 4.74 Å². The largest absolute Gasteiger partial charge is 0.480 e. The van der Waals surface area contributed by atoms with Crippen LogP contribution in [0, 0.1) is 0 Å². The average Bonchev–Trinajstić information content (AvgIpc) is 2.64. The summed E-state index contributed by atoms with van der Waals surface area (Å²) in [6.07, 6.45) is 3.16. The lowest BCUT2D eigenvalue weighted by Crippen LogP contribution is -2.48. The molecule has 7 heteroatoms. The molecule has 0 saturated carbocycles. The molecule has 1 saturated heterocycles. The standard InChI is InChI=1S/C20H28N2O5/c1-14(2)27-12-6-10-18(23)21-16-8-5-7-15(13-16)19(24)22-11-4-3-9-17(22)20(25)26/h5,7-8,13-14,17H,3-4,6,9-12H2,1-2H3,(H,21,23)(H,25,26). The molecule has 148 valence electrons. The highest BCUT2D eigenvalue weighted by Crippen LogP contribution is 2.21. The van der Waals surface area contributed by atoms with Gasteiger partial charge >= 0.3 is 5.97 Å². The van der Waals surface area contributed by atoms with Crippen LogP contribution < -0.4 is 5.32 Å². The predicted octanol–water partition coefficient (Wildman–Crippen LogP) is 2.91. The van der Waals surface area contributed by atoms with Gasteiger partial charge in [-0.25, -0.2) is 4.79 Å². The van der Waals surface area contributed by atoms with Crippen molar-refractivity contribution in [2.75, 3.05) is 18.5 Å². The zero-order valence-corrected chi connectivity index (χ0v) is 15.9. The van der Waals surface area contributed by atoms with E-state index in [1.807, 2.05) is 13.8 Å². The first kappa shape index (κ1) is 20.9. The van der Waals surface area contributed by atoms with Gasteiger partial charge in [0.05, 0.1) is 6.10 Å². The van der Waals surface area contributed by atoms with E-state index in [2.05, 4.69) is 5.32 Å². The number of benzene rings is 1. The van der Waals surface area contributed by atoms with Crippen molar-refractivity contribution in [3.05, 3.63) is 29.8 Å². The molecule has 2 rings (SSSR count). The first-order valence-corrected chi connectivity index (χ1v) is 9.43. The van der Waals surface area contributed by atoms with Gasteiger partial charge in [-0.05, 0) is 57.7 Å². The normalized spacial score (nSPS) is 17.0. The summed E-state index contributed by atoms with van der Waals surface area (Å²) in [6, 6.07) is 5.85. The fourth-order valence-corrected chi connectivity index (χ4v) is 3.10. The van der Waals surface area contributed by atoms with Gasteiger partial charge in [-0.3, -0.25) is 9.59 Å². The number of hydrogen-bond acceptors (Lipinski definition) is 4. The molecule has 27 heavy (non-hydrogen) atoms. The number of carbonyl (C=O) groups is 3. The van der Waals surface area contributed by atoms with Crippen LogP contribution in [-0.4, -0.2) is 53.1 Å². The Kier molecular flexibility index (Phi) is 7.79.